The van der Waals surface area contributed by atoms with E-state index in [1.54, 1.807) is 0 Å². The highest BCUT2D eigenvalue weighted by atomic mass is 16.3. The monoisotopic (exact) mass is 435 g/mol. The molecule has 2 aromatic heterocycles. The number of H-pyrrole nitrogens is 1. The number of benzene rings is 3. The molecule has 0 radical (unpaired) electrons. The molecule has 1 amide bonds. The number of rotatable bonds is 6. The van der Waals surface area contributed by atoms with Gasteiger partial charge in [0.15, 0.2) is 0 Å². The number of amides is 1. The van der Waals surface area contributed by atoms with Crippen LogP contribution in [0.2, 0.25) is 0 Å². The molecular weight excluding hydrogens is 410 g/mol. The highest BCUT2D eigenvalue weighted by Gasteiger charge is 2.11. The molecule has 3 N–H and O–H groups in total. The van der Waals surface area contributed by atoms with Crippen LogP contribution in [0.1, 0.15) is 27.9 Å². The number of carbonyl (C=O) groups is 1. The lowest BCUT2D eigenvalue weighted by Gasteiger charge is -2.11. The number of aromatic amines is 1. The zero-order valence-electron chi connectivity index (χ0n) is 18.4. The molecule has 0 saturated carbocycles. The number of aryl methyl sites for hydroxylation is 1. The Bertz CT molecular complexity index is 1470. The van der Waals surface area contributed by atoms with Crippen molar-refractivity contribution in [3.8, 4) is 0 Å². The van der Waals surface area contributed by atoms with Crippen LogP contribution in [0.25, 0.3) is 21.8 Å². The first-order chi connectivity index (χ1) is 16.1. The molecule has 5 heteroatoms. The lowest BCUT2D eigenvalue weighted by Crippen LogP contribution is -2.14. The van der Waals surface area contributed by atoms with Crippen molar-refractivity contribution in [1.29, 1.82) is 0 Å². The van der Waals surface area contributed by atoms with Crippen LogP contribution in [-0.2, 0) is 24.2 Å². The van der Waals surface area contributed by atoms with E-state index in [0.29, 0.717) is 12.8 Å². The fourth-order valence-corrected chi connectivity index (χ4v) is 4.43. The van der Waals surface area contributed by atoms with Gasteiger partial charge in [-0.05, 0) is 59.9 Å². The molecule has 2 heterocycles. The largest absolute Gasteiger partial charge is 0.392 e. The van der Waals surface area contributed by atoms with Gasteiger partial charge in [0.25, 0.3) is 0 Å². The number of aromatic nitrogens is 2. The van der Waals surface area contributed by atoms with Crippen LogP contribution in [0.4, 0.5) is 5.69 Å². The van der Waals surface area contributed by atoms with E-state index in [9.17, 15) is 9.90 Å². The van der Waals surface area contributed by atoms with Gasteiger partial charge in [0.1, 0.15) is 0 Å². The van der Waals surface area contributed by atoms with Crippen molar-refractivity contribution in [3.63, 3.8) is 0 Å². The van der Waals surface area contributed by atoms with E-state index in [4.69, 9.17) is 4.98 Å². The van der Waals surface area contributed by atoms with Crippen LogP contribution in [0, 0.1) is 6.92 Å². The summed E-state index contributed by atoms with van der Waals surface area (Å²) in [6.45, 7) is 1.93. The third-order valence-corrected chi connectivity index (χ3v) is 5.94. The van der Waals surface area contributed by atoms with Crippen molar-refractivity contribution in [3.05, 3.63) is 107 Å². The van der Waals surface area contributed by atoms with E-state index in [2.05, 4.69) is 22.4 Å². The van der Waals surface area contributed by atoms with Gasteiger partial charge in [0.05, 0.1) is 18.5 Å². The van der Waals surface area contributed by atoms with E-state index in [0.717, 1.165) is 55.4 Å². The molecule has 0 bridgehead atoms. The highest BCUT2D eigenvalue weighted by molar-refractivity contribution is 5.95. The summed E-state index contributed by atoms with van der Waals surface area (Å²) in [7, 11) is 0. The van der Waals surface area contributed by atoms with Crippen LogP contribution in [0.15, 0.2) is 79.0 Å². The van der Waals surface area contributed by atoms with Gasteiger partial charge >= 0.3 is 0 Å². The van der Waals surface area contributed by atoms with E-state index in [1.165, 1.54) is 0 Å². The molecule has 33 heavy (non-hydrogen) atoms. The van der Waals surface area contributed by atoms with Gasteiger partial charge in [-0.2, -0.15) is 0 Å². The second-order valence-corrected chi connectivity index (χ2v) is 8.36. The minimum atomic E-state index is -0.0491. The van der Waals surface area contributed by atoms with Crippen molar-refractivity contribution in [2.45, 2.75) is 26.4 Å². The van der Waals surface area contributed by atoms with Gasteiger partial charge in [0.2, 0.25) is 5.91 Å². The van der Waals surface area contributed by atoms with E-state index >= 15 is 0 Å². The van der Waals surface area contributed by atoms with Gasteiger partial charge in [0, 0.05) is 33.9 Å². The SMILES string of the molecule is Cc1cc(CO)c2cccc(Cc3cccc(NC(=O)Cc4c[nH]c5ccccc45)c3)c2n1. The smallest absolute Gasteiger partial charge is 0.228 e. The second-order valence-electron chi connectivity index (χ2n) is 8.36. The van der Waals surface area contributed by atoms with Crippen molar-refractivity contribution >= 4 is 33.4 Å². The Labute approximate surface area is 192 Å². The molecule has 3 aromatic carbocycles. The van der Waals surface area contributed by atoms with Gasteiger partial charge < -0.3 is 15.4 Å². The second kappa shape index (κ2) is 8.88. The van der Waals surface area contributed by atoms with Crippen LogP contribution in [-0.4, -0.2) is 21.0 Å². The molecule has 0 atom stereocenters. The number of aliphatic hydroxyl groups excluding tert-OH is 1. The number of pyridine rings is 1. The van der Waals surface area contributed by atoms with Gasteiger partial charge in [-0.1, -0.05) is 48.5 Å². The molecule has 0 spiro atoms. The molecule has 5 nitrogen and oxygen atoms in total. The molecule has 0 aliphatic rings. The number of aliphatic hydroxyl groups is 1. The average molecular weight is 436 g/mol. The van der Waals surface area contributed by atoms with E-state index in [-0.39, 0.29) is 12.5 Å². The quantitative estimate of drug-likeness (QED) is 0.339. The molecule has 0 unspecified atom stereocenters. The predicted octanol–water partition coefficient (Wildman–Crippen LogP) is 5.29. The summed E-state index contributed by atoms with van der Waals surface area (Å²) < 4.78 is 0. The third kappa shape index (κ3) is 4.36. The number of carbonyl (C=O) groups excluding carboxylic acids is 1. The Morgan fingerprint density at radius 3 is 2.64 bits per heavy atom. The number of anilines is 1. The number of nitrogens with one attached hydrogen (secondary N) is 2. The van der Waals surface area contributed by atoms with Crippen molar-refractivity contribution in [2.75, 3.05) is 5.32 Å². The Morgan fingerprint density at radius 1 is 0.939 bits per heavy atom. The first kappa shape index (κ1) is 20.9. The summed E-state index contributed by atoms with van der Waals surface area (Å²) in [4.78, 5) is 20.7. The standard InChI is InChI=1S/C28H25N3O2/c1-18-12-22(17-32)25-10-5-7-20(28(25)30-18)13-19-6-4-8-23(14-19)31-27(33)15-21-16-29-26-11-3-2-9-24(21)26/h2-12,14,16,29,32H,13,15,17H2,1H3,(H,31,33). The van der Waals surface area contributed by atoms with E-state index < -0.39 is 0 Å². The molecule has 0 fully saturated rings. The van der Waals surface area contributed by atoms with Crippen LogP contribution in [0.5, 0.6) is 0 Å². The maximum absolute atomic E-state index is 12.7. The first-order valence-electron chi connectivity index (χ1n) is 11.0. The fourth-order valence-electron chi connectivity index (χ4n) is 4.43. The number of hydrogen-bond acceptors (Lipinski definition) is 3. The van der Waals surface area contributed by atoms with Crippen molar-refractivity contribution in [2.24, 2.45) is 0 Å². The van der Waals surface area contributed by atoms with Crippen molar-refractivity contribution < 1.29 is 9.90 Å². The summed E-state index contributed by atoms with van der Waals surface area (Å²) >= 11 is 0. The molecule has 0 aliphatic carbocycles. The number of fused-ring (bicyclic) bond motifs is 2. The van der Waals surface area contributed by atoms with Gasteiger partial charge in [-0.15, -0.1) is 0 Å². The lowest BCUT2D eigenvalue weighted by molar-refractivity contribution is -0.115. The summed E-state index contributed by atoms with van der Waals surface area (Å²) in [5.41, 5.74) is 7.65. The number of para-hydroxylation sites is 2. The molecule has 164 valence electrons. The predicted molar refractivity (Wildman–Crippen MR) is 132 cm³/mol. The minimum absolute atomic E-state index is 0.0126. The van der Waals surface area contributed by atoms with Crippen molar-refractivity contribution in [1.82, 2.24) is 9.97 Å². The minimum Gasteiger partial charge on any atom is -0.392 e. The highest BCUT2D eigenvalue weighted by Crippen LogP contribution is 2.25. The Morgan fingerprint density at radius 2 is 1.76 bits per heavy atom. The van der Waals surface area contributed by atoms with Gasteiger partial charge in [-0.3, -0.25) is 9.78 Å². The Kier molecular flexibility index (Phi) is 5.63. The number of hydrogen-bond donors (Lipinski definition) is 3. The van der Waals surface area contributed by atoms with Gasteiger partial charge in [-0.25, -0.2) is 0 Å². The molecule has 5 rings (SSSR count). The number of nitrogens with zero attached hydrogens (tertiary/aromatic N) is 1. The maximum Gasteiger partial charge on any atom is 0.228 e. The molecule has 0 saturated heterocycles. The zero-order chi connectivity index (χ0) is 22.8. The molecule has 0 aliphatic heterocycles. The van der Waals surface area contributed by atoms with Crippen LogP contribution < -0.4 is 5.32 Å². The van der Waals surface area contributed by atoms with E-state index in [1.807, 2.05) is 73.8 Å². The van der Waals surface area contributed by atoms with Crippen LogP contribution >= 0.6 is 0 Å². The Hall–Kier alpha value is -3.96. The summed E-state index contributed by atoms with van der Waals surface area (Å²) in [6, 6.07) is 23.9. The Balaban J connectivity index is 1.36. The lowest BCUT2D eigenvalue weighted by atomic mass is 9.99. The maximum atomic E-state index is 12.7. The van der Waals surface area contributed by atoms with Crippen LogP contribution in [0.3, 0.4) is 0 Å². The summed E-state index contributed by atoms with van der Waals surface area (Å²) in [5, 5.41) is 14.8. The third-order valence-electron chi connectivity index (χ3n) is 5.94. The topological polar surface area (TPSA) is 78.0 Å². The zero-order valence-corrected chi connectivity index (χ0v) is 18.4. The summed E-state index contributed by atoms with van der Waals surface area (Å²) in [6.07, 6.45) is 2.90. The average Bonchev–Trinajstić information content (AvgIpc) is 3.22. The first-order valence-corrected chi connectivity index (χ1v) is 11.0. The molecular formula is C28H25N3O2. The summed E-state index contributed by atoms with van der Waals surface area (Å²) in [5.74, 6) is -0.0491. The fraction of sp³-hybridized carbons (Fsp3) is 0.143. The normalized spacial score (nSPS) is 11.2. The molecule has 5 aromatic rings.